The van der Waals surface area contributed by atoms with Gasteiger partial charge in [0.2, 0.25) is 0 Å². The van der Waals surface area contributed by atoms with E-state index >= 15 is 0 Å². The third kappa shape index (κ3) is 5.93. The van der Waals surface area contributed by atoms with E-state index in [2.05, 4.69) is 10.1 Å². The molecule has 242 valence electrons. The van der Waals surface area contributed by atoms with Gasteiger partial charge in [-0.3, -0.25) is 14.3 Å². The summed E-state index contributed by atoms with van der Waals surface area (Å²) < 4.78 is 20.6. The summed E-state index contributed by atoms with van der Waals surface area (Å²) in [7, 11) is 0. The van der Waals surface area contributed by atoms with Crippen molar-refractivity contribution in [2.45, 2.75) is 57.6 Å². The number of fused-ring (bicyclic) bond motifs is 1. The van der Waals surface area contributed by atoms with Crippen LogP contribution in [0.25, 0.3) is 22.3 Å². The quantitative estimate of drug-likeness (QED) is 0.254. The fraction of sp³-hybridized carbons (Fsp3) is 0.361. The van der Waals surface area contributed by atoms with Crippen molar-refractivity contribution < 1.29 is 38.7 Å². The number of hydrogen-bond donors (Lipinski definition) is 1. The zero-order chi connectivity index (χ0) is 32.7. The second-order valence-electron chi connectivity index (χ2n) is 12.4. The number of nitrogens with one attached hydrogen (secondary N) is 1. The Morgan fingerprint density at radius 3 is 2.36 bits per heavy atom. The number of H-pyrrole nitrogens is 1. The predicted octanol–water partition coefficient (Wildman–Crippen LogP) is 5.50. The van der Waals surface area contributed by atoms with E-state index in [1.54, 1.807) is 41.4 Å². The van der Waals surface area contributed by atoms with Gasteiger partial charge in [-0.2, -0.15) is 5.10 Å². The van der Waals surface area contributed by atoms with Gasteiger partial charge in [0.1, 0.15) is 28.4 Å². The van der Waals surface area contributed by atoms with Crippen LogP contribution in [0.15, 0.2) is 61.2 Å². The van der Waals surface area contributed by atoms with E-state index in [0.29, 0.717) is 79.1 Å². The number of ketones is 1. The number of nitrogens with zero attached hydrogens (tertiary/aromatic N) is 3. The van der Waals surface area contributed by atoms with Crippen molar-refractivity contribution in [2.24, 2.45) is 0 Å². The first-order valence-corrected chi connectivity index (χ1v) is 16.2. The van der Waals surface area contributed by atoms with Crippen molar-refractivity contribution in [2.75, 3.05) is 26.3 Å². The molecule has 0 bridgehead atoms. The molecule has 47 heavy (non-hydrogen) atoms. The number of carboxylic acids is 1. The molecule has 3 aliphatic rings. The van der Waals surface area contributed by atoms with Crippen LogP contribution in [0.3, 0.4) is 0 Å². The first kappa shape index (κ1) is 30.5. The average molecular weight is 638 g/mol. The van der Waals surface area contributed by atoms with Crippen LogP contribution in [0, 0.1) is 0 Å². The summed E-state index contributed by atoms with van der Waals surface area (Å²) in [6.07, 6.45) is 10.4. The predicted molar refractivity (Wildman–Crippen MR) is 171 cm³/mol. The highest BCUT2D eigenvalue weighted by Crippen LogP contribution is 2.44. The molecule has 11 nitrogen and oxygen atoms in total. The molecule has 0 unspecified atom stereocenters. The lowest BCUT2D eigenvalue weighted by Crippen LogP contribution is -2.52. The van der Waals surface area contributed by atoms with Crippen molar-refractivity contribution >= 4 is 17.7 Å². The minimum absolute atomic E-state index is 0.0328. The Balaban J connectivity index is 1.09. The second-order valence-corrected chi connectivity index (χ2v) is 12.4. The van der Waals surface area contributed by atoms with Crippen LogP contribution in [0.5, 0.6) is 17.2 Å². The number of rotatable bonds is 9. The summed E-state index contributed by atoms with van der Waals surface area (Å²) in [6.45, 7) is 5.55. The summed E-state index contributed by atoms with van der Waals surface area (Å²) in [4.78, 5) is 43.4. The number of benzene rings is 2. The molecule has 0 atom stereocenters. The number of carbonyl (C=O) groups excluding carboxylic acids is 2. The molecule has 2 N–H and O–H groups in total. The number of piperidine rings is 1. The van der Waals surface area contributed by atoms with Gasteiger partial charge in [-0.05, 0) is 62.6 Å². The fourth-order valence-electron chi connectivity index (χ4n) is 6.56. The third-order valence-electron chi connectivity index (χ3n) is 9.14. The van der Waals surface area contributed by atoms with E-state index in [1.807, 2.05) is 37.0 Å². The molecule has 2 aromatic carbocycles. The van der Waals surface area contributed by atoms with Gasteiger partial charge in [0.15, 0.2) is 18.2 Å². The summed E-state index contributed by atoms with van der Waals surface area (Å²) in [5.74, 6) is 0.465. The van der Waals surface area contributed by atoms with Gasteiger partial charge in [0, 0.05) is 48.8 Å². The molecular weight excluding hydrogens is 600 g/mol. The fourth-order valence-corrected chi connectivity index (χ4v) is 6.56. The molecule has 1 amide bonds. The van der Waals surface area contributed by atoms with Crippen molar-refractivity contribution in [1.82, 2.24) is 14.7 Å². The van der Waals surface area contributed by atoms with Crippen molar-refractivity contribution in [3.8, 4) is 39.5 Å². The number of likely N-dealkylation sites (tertiary alicyclic amines) is 1. The maximum Gasteiger partial charge on any atom is 0.341 e. The van der Waals surface area contributed by atoms with Crippen LogP contribution < -0.4 is 19.2 Å². The first-order valence-electron chi connectivity index (χ1n) is 16.2. The van der Waals surface area contributed by atoms with Crippen LogP contribution in [0.2, 0.25) is 0 Å². The van der Waals surface area contributed by atoms with Gasteiger partial charge in [0.05, 0.1) is 43.0 Å². The maximum atomic E-state index is 13.9. The number of carbonyl (C=O) groups is 3. The van der Waals surface area contributed by atoms with E-state index in [1.165, 1.54) is 6.20 Å². The van der Waals surface area contributed by atoms with Crippen LogP contribution in [-0.2, 0) is 0 Å². The van der Waals surface area contributed by atoms with Crippen LogP contribution in [0.4, 0.5) is 0 Å². The molecule has 4 heterocycles. The van der Waals surface area contributed by atoms with Crippen LogP contribution in [-0.4, -0.2) is 69.4 Å². The maximum absolute atomic E-state index is 13.9. The Morgan fingerprint density at radius 1 is 0.979 bits per heavy atom. The molecule has 1 aliphatic carbocycles. The van der Waals surface area contributed by atoms with Crippen molar-refractivity contribution in [3.05, 3.63) is 77.9 Å². The lowest BCUT2D eigenvalue weighted by atomic mass is 9.82. The van der Waals surface area contributed by atoms with E-state index < -0.39 is 11.6 Å². The molecule has 0 radical (unpaired) electrons. The molecule has 11 heteroatoms. The van der Waals surface area contributed by atoms with Crippen molar-refractivity contribution in [3.63, 3.8) is 0 Å². The van der Waals surface area contributed by atoms with Gasteiger partial charge >= 0.3 is 5.97 Å². The largest absolute Gasteiger partial charge is 0.493 e. The lowest BCUT2D eigenvalue weighted by Gasteiger charge is -2.44. The summed E-state index contributed by atoms with van der Waals surface area (Å²) >= 11 is 0. The van der Waals surface area contributed by atoms with Crippen molar-refractivity contribution in [1.29, 1.82) is 0 Å². The highest BCUT2D eigenvalue weighted by molar-refractivity contribution is 6.02. The van der Waals surface area contributed by atoms with Gasteiger partial charge < -0.3 is 24.2 Å². The number of aromatic carboxylic acids is 1. The lowest BCUT2D eigenvalue weighted by molar-refractivity contribution is -0.377. The van der Waals surface area contributed by atoms with Crippen LogP contribution in [0.1, 0.15) is 83.1 Å². The summed E-state index contributed by atoms with van der Waals surface area (Å²) in [5.41, 5.74) is 3.45. The zero-order valence-corrected chi connectivity index (χ0v) is 26.5. The Kier molecular flexibility index (Phi) is 7.91. The molecule has 4 aromatic rings. The summed E-state index contributed by atoms with van der Waals surface area (Å²) in [5, 5.41) is 13.9. The number of Topliss-reactive ketones (excluding diaryl/α,β-unsaturated/α-hetero) is 1. The minimum atomic E-state index is -1.04. The minimum Gasteiger partial charge on any atom is -0.493 e. The normalized spacial score (nSPS) is 16.8. The number of aromatic nitrogens is 3. The standard InChI is InChI=1S/C36H36N4O7/c1-3-45-31-15-23(16-32(46-4-2)33(31)26-20-38-40(21-26)27-6-7-27)34(42)39-11-9-36(10-12-39)17-29(41)28-14-22(5-8-30(28)47-36)24-13-25(35(43)44)19-37-18-24/h5,8,13-16,18-21,27H,3-4,6-7,9-12,17H2,1-2H3,(H,43,44)/p+1. The highest BCUT2D eigenvalue weighted by Gasteiger charge is 2.44. The monoisotopic (exact) mass is 637 g/mol. The number of hydrogen-bond acceptors (Lipinski definition) is 7. The third-order valence-corrected chi connectivity index (χ3v) is 9.14. The second kappa shape index (κ2) is 12.2. The number of carboxylic acid groups (broad SMARTS) is 1. The smallest absolute Gasteiger partial charge is 0.341 e. The van der Waals surface area contributed by atoms with E-state index in [9.17, 15) is 19.5 Å². The van der Waals surface area contributed by atoms with Gasteiger partial charge in [-0.25, -0.2) is 9.78 Å². The molecular formula is C36H37N4O7+. The number of aromatic amines is 1. The Hall–Kier alpha value is -5.19. The number of pyridine rings is 1. The molecule has 2 aromatic heterocycles. The van der Waals surface area contributed by atoms with E-state index in [0.717, 1.165) is 29.5 Å². The van der Waals surface area contributed by atoms with Gasteiger partial charge in [0.25, 0.3) is 5.91 Å². The molecule has 1 saturated carbocycles. The Labute approximate surface area is 272 Å². The van der Waals surface area contributed by atoms with Gasteiger partial charge in [-0.1, -0.05) is 6.07 Å². The molecule has 2 aliphatic heterocycles. The zero-order valence-electron chi connectivity index (χ0n) is 26.5. The SMILES string of the molecule is CCOc1cc(C(=O)N2CCC3(CC2)CC(=O)c2cc(-c4c[nH+]cc(C(=O)O)c4)ccc2O3)cc(OCC)c1-c1cnn(C2CC2)c1. The Bertz CT molecular complexity index is 1840. The van der Waals surface area contributed by atoms with E-state index in [4.69, 9.17) is 14.2 Å². The number of amides is 1. The van der Waals surface area contributed by atoms with Gasteiger partial charge in [-0.15, -0.1) is 0 Å². The first-order chi connectivity index (χ1) is 22.8. The van der Waals surface area contributed by atoms with E-state index in [-0.39, 0.29) is 23.7 Å². The number of ether oxygens (including phenoxy) is 3. The molecule has 1 spiro atoms. The van der Waals surface area contributed by atoms with Crippen LogP contribution >= 0.6 is 0 Å². The summed E-state index contributed by atoms with van der Waals surface area (Å²) in [6, 6.07) is 10.9. The topological polar surface area (TPSA) is 134 Å². The molecule has 7 rings (SSSR count). The highest BCUT2D eigenvalue weighted by atomic mass is 16.5. The average Bonchev–Trinajstić information content (AvgIpc) is 3.81. The Morgan fingerprint density at radius 2 is 1.70 bits per heavy atom. The molecule has 1 saturated heterocycles. The molecule has 2 fully saturated rings.